The van der Waals surface area contributed by atoms with Crippen LogP contribution in [0.15, 0.2) is 18.3 Å². The lowest BCUT2D eigenvalue weighted by Gasteiger charge is -2.26. The average Bonchev–Trinajstić information content (AvgIpc) is 2.89. The zero-order chi connectivity index (χ0) is 13.0. The van der Waals surface area contributed by atoms with Gasteiger partial charge in [-0.2, -0.15) is 9.65 Å². The van der Waals surface area contributed by atoms with Crippen molar-refractivity contribution in [3.63, 3.8) is 0 Å². The van der Waals surface area contributed by atoms with Crippen LogP contribution in [0.2, 0.25) is 0 Å². The van der Waals surface area contributed by atoms with Crippen molar-refractivity contribution in [2.45, 2.75) is 31.7 Å². The van der Waals surface area contributed by atoms with Crippen LogP contribution < -0.4 is 0 Å². The lowest BCUT2D eigenvalue weighted by molar-refractivity contribution is 0.0703. The summed E-state index contributed by atoms with van der Waals surface area (Å²) in [6.45, 7) is -0.00215. The highest BCUT2D eigenvalue weighted by molar-refractivity contribution is 5.94. The van der Waals surface area contributed by atoms with Crippen molar-refractivity contribution in [2.24, 2.45) is 0 Å². The summed E-state index contributed by atoms with van der Waals surface area (Å²) in [6, 6.07) is 4.96. The highest BCUT2D eigenvalue weighted by Gasteiger charge is 2.28. The lowest BCUT2D eigenvalue weighted by Crippen LogP contribution is -2.39. The molecule has 1 aliphatic rings. The van der Waals surface area contributed by atoms with E-state index < -0.39 is 11.9 Å². The monoisotopic (exact) mass is 247 g/mol. The number of carbonyl (C=O) groups excluding carboxylic acids is 1. The number of rotatable bonds is 3. The molecule has 0 aliphatic heterocycles. The minimum atomic E-state index is -0.775. The van der Waals surface area contributed by atoms with Crippen molar-refractivity contribution in [1.82, 2.24) is 9.88 Å². The van der Waals surface area contributed by atoms with Gasteiger partial charge >= 0.3 is 0 Å². The van der Waals surface area contributed by atoms with Gasteiger partial charge in [-0.15, -0.1) is 0 Å². The maximum absolute atomic E-state index is 13.5. The maximum atomic E-state index is 13.5. The van der Waals surface area contributed by atoms with E-state index in [0.29, 0.717) is 0 Å². The minimum absolute atomic E-state index is 0.00215. The topological polar surface area (TPSA) is 57.0 Å². The minimum Gasteiger partial charge on any atom is -0.322 e. The van der Waals surface area contributed by atoms with Gasteiger partial charge in [-0.3, -0.25) is 4.79 Å². The number of carbonyl (C=O) groups is 1. The van der Waals surface area contributed by atoms with Gasteiger partial charge in [0.05, 0.1) is 11.6 Å². The van der Waals surface area contributed by atoms with Crippen LogP contribution in [0.1, 0.15) is 36.0 Å². The van der Waals surface area contributed by atoms with Gasteiger partial charge in [0.1, 0.15) is 6.54 Å². The van der Waals surface area contributed by atoms with Gasteiger partial charge in [0.25, 0.3) is 5.91 Å². The molecular weight excluding hydrogens is 233 g/mol. The first-order valence-electron chi connectivity index (χ1n) is 6.02. The number of halogens is 1. The summed E-state index contributed by atoms with van der Waals surface area (Å²) < 4.78 is 13.5. The SMILES string of the molecule is N#CCN(C(=O)c1cccnc1F)C1CCCC1. The summed E-state index contributed by atoms with van der Waals surface area (Å²) in [6.07, 6.45) is 5.17. The Labute approximate surface area is 105 Å². The van der Waals surface area contributed by atoms with E-state index in [1.165, 1.54) is 23.2 Å². The molecule has 0 saturated heterocycles. The van der Waals surface area contributed by atoms with Gasteiger partial charge in [-0.05, 0) is 25.0 Å². The molecule has 4 nitrogen and oxygen atoms in total. The van der Waals surface area contributed by atoms with E-state index >= 15 is 0 Å². The van der Waals surface area contributed by atoms with Crippen LogP contribution in [0, 0.1) is 17.3 Å². The Morgan fingerprint density at radius 2 is 2.28 bits per heavy atom. The fourth-order valence-corrected chi connectivity index (χ4v) is 2.36. The lowest BCUT2D eigenvalue weighted by atomic mass is 10.1. The van der Waals surface area contributed by atoms with Crippen molar-refractivity contribution >= 4 is 5.91 Å². The largest absolute Gasteiger partial charge is 0.322 e. The molecular formula is C13H14FN3O. The van der Waals surface area contributed by atoms with Crippen LogP contribution in [-0.2, 0) is 0 Å². The standard InChI is InChI=1S/C13H14FN3O/c14-12-11(6-3-8-16-12)13(18)17(9-7-15)10-4-1-2-5-10/h3,6,8,10H,1-2,4-5,9H2. The van der Waals surface area contributed by atoms with Crippen LogP contribution in [0.5, 0.6) is 0 Å². The van der Waals surface area contributed by atoms with E-state index in [2.05, 4.69) is 4.98 Å². The Balaban J connectivity index is 2.23. The Morgan fingerprint density at radius 1 is 1.56 bits per heavy atom. The Morgan fingerprint density at radius 3 is 2.89 bits per heavy atom. The fourth-order valence-electron chi connectivity index (χ4n) is 2.36. The molecule has 1 amide bonds. The van der Waals surface area contributed by atoms with Gasteiger partial charge in [-0.1, -0.05) is 12.8 Å². The van der Waals surface area contributed by atoms with E-state index in [-0.39, 0.29) is 18.2 Å². The van der Waals surface area contributed by atoms with Crippen LogP contribution in [0.25, 0.3) is 0 Å². The third-order valence-corrected chi connectivity index (χ3v) is 3.26. The van der Waals surface area contributed by atoms with Crippen molar-refractivity contribution in [3.05, 3.63) is 29.8 Å². The summed E-state index contributed by atoms with van der Waals surface area (Å²) >= 11 is 0. The highest BCUT2D eigenvalue weighted by atomic mass is 19.1. The predicted molar refractivity (Wildman–Crippen MR) is 63.1 cm³/mol. The van der Waals surface area contributed by atoms with Gasteiger partial charge in [0.2, 0.25) is 5.95 Å². The summed E-state index contributed by atoms with van der Waals surface area (Å²) in [5, 5.41) is 8.81. The molecule has 5 heteroatoms. The molecule has 0 unspecified atom stereocenters. The smallest absolute Gasteiger partial charge is 0.259 e. The highest BCUT2D eigenvalue weighted by Crippen LogP contribution is 2.24. The van der Waals surface area contributed by atoms with E-state index in [1.807, 2.05) is 6.07 Å². The third-order valence-electron chi connectivity index (χ3n) is 3.26. The molecule has 94 valence electrons. The quantitative estimate of drug-likeness (QED) is 0.607. The molecule has 0 radical (unpaired) electrons. The number of hydrogen-bond acceptors (Lipinski definition) is 3. The van der Waals surface area contributed by atoms with Crippen molar-refractivity contribution in [2.75, 3.05) is 6.54 Å². The summed E-state index contributed by atoms with van der Waals surface area (Å²) in [5.41, 5.74) is -0.0559. The van der Waals surface area contributed by atoms with E-state index in [1.54, 1.807) is 0 Å². The van der Waals surface area contributed by atoms with Crippen molar-refractivity contribution in [3.8, 4) is 6.07 Å². The molecule has 1 saturated carbocycles. The molecule has 0 aromatic carbocycles. The molecule has 1 heterocycles. The van der Waals surface area contributed by atoms with Gasteiger partial charge < -0.3 is 4.90 Å². The molecule has 2 rings (SSSR count). The van der Waals surface area contributed by atoms with E-state index in [4.69, 9.17) is 5.26 Å². The van der Waals surface area contributed by atoms with Gasteiger partial charge in [0.15, 0.2) is 0 Å². The molecule has 1 fully saturated rings. The molecule has 0 N–H and O–H groups in total. The summed E-state index contributed by atoms with van der Waals surface area (Å²) in [4.78, 5) is 17.2. The maximum Gasteiger partial charge on any atom is 0.259 e. The normalized spacial score (nSPS) is 15.3. The molecule has 18 heavy (non-hydrogen) atoms. The van der Waals surface area contributed by atoms with E-state index in [9.17, 15) is 9.18 Å². The van der Waals surface area contributed by atoms with Crippen LogP contribution >= 0.6 is 0 Å². The summed E-state index contributed by atoms with van der Waals surface area (Å²) in [5.74, 6) is -1.21. The Hall–Kier alpha value is -1.96. The fraction of sp³-hybridized carbons (Fsp3) is 0.462. The molecule has 0 spiro atoms. The Kier molecular flexibility index (Phi) is 3.88. The second kappa shape index (κ2) is 5.58. The number of hydrogen-bond donors (Lipinski definition) is 0. The van der Waals surface area contributed by atoms with Crippen molar-refractivity contribution in [1.29, 1.82) is 5.26 Å². The predicted octanol–water partition coefficient (Wildman–Crippen LogP) is 2.13. The average molecular weight is 247 g/mol. The second-order valence-electron chi connectivity index (χ2n) is 4.37. The number of pyridine rings is 1. The number of nitrogens with zero attached hydrogens (tertiary/aromatic N) is 3. The summed E-state index contributed by atoms with van der Waals surface area (Å²) in [7, 11) is 0. The van der Waals surface area contributed by atoms with Crippen LogP contribution in [-0.4, -0.2) is 28.4 Å². The Bertz CT molecular complexity index is 477. The molecule has 0 bridgehead atoms. The zero-order valence-corrected chi connectivity index (χ0v) is 9.97. The zero-order valence-electron chi connectivity index (χ0n) is 9.97. The van der Waals surface area contributed by atoms with Crippen LogP contribution in [0.3, 0.4) is 0 Å². The number of aromatic nitrogens is 1. The third kappa shape index (κ3) is 2.48. The number of amides is 1. The number of nitriles is 1. The molecule has 1 aromatic heterocycles. The van der Waals surface area contributed by atoms with Gasteiger partial charge in [0, 0.05) is 12.2 Å². The van der Waals surface area contributed by atoms with Crippen molar-refractivity contribution < 1.29 is 9.18 Å². The van der Waals surface area contributed by atoms with Gasteiger partial charge in [-0.25, -0.2) is 4.98 Å². The molecule has 1 aromatic rings. The first kappa shape index (κ1) is 12.5. The molecule has 1 aliphatic carbocycles. The van der Waals surface area contributed by atoms with Crippen LogP contribution in [0.4, 0.5) is 4.39 Å². The molecule has 0 atom stereocenters. The van der Waals surface area contributed by atoms with E-state index in [0.717, 1.165) is 25.7 Å². The first-order chi connectivity index (χ1) is 8.74. The first-order valence-corrected chi connectivity index (χ1v) is 6.02. The second-order valence-corrected chi connectivity index (χ2v) is 4.37.